The summed E-state index contributed by atoms with van der Waals surface area (Å²) < 4.78 is 1.65. The second-order valence-electron chi connectivity index (χ2n) is 8.92. The number of nitriles is 1. The highest BCUT2D eigenvalue weighted by atomic mass is 16.1. The van der Waals surface area contributed by atoms with E-state index in [1.807, 2.05) is 25.1 Å². The van der Waals surface area contributed by atoms with E-state index in [1.54, 1.807) is 17.7 Å². The maximum atomic E-state index is 12.3. The van der Waals surface area contributed by atoms with Crippen molar-refractivity contribution < 1.29 is 0 Å². The zero-order valence-corrected chi connectivity index (χ0v) is 18.4. The van der Waals surface area contributed by atoms with Gasteiger partial charge in [-0.25, -0.2) is 4.98 Å². The normalized spacial score (nSPS) is 22.7. The molecule has 5 heterocycles. The molecule has 0 radical (unpaired) electrons. The molecule has 3 aromatic rings. The van der Waals surface area contributed by atoms with Gasteiger partial charge in [-0.15, -0.1) is 0 Å². The molecule has 2 aliphatic heterocycles. The van der Waals surface area contributed by atoms with Crippen LogP contribution in [0.1, 0.15) is 37.8 Å². The minimum Gasteiger partial charge on any atom is -0.367 e. The number of H-pyrrole nitrogens is 1. The maximum absolute atomic E-state index is 12.3. The van der Waals surface area contributed by atoms with E-state index in [0.29, 0.717) is 36.2 Å². The first-order valence-corrected chi connectivity index (χ1v) is 11.2. The van der Waals surface area contributed by atoms with E-state index in [4.69, 9.17) is 10.2 Å². The quantitative estimate of drug-likeness (QED) is 0.548. The van der Waals surface area contributed by atoms with Crippen molar-refractivity contribution in [2.75, 3.05) is 17.2 Å². The summed E-state index contributed by atoms with van der Waals surface area (Å²) in [6.45, 7) is 2.81. The molecule has 9 nitrogen and oxygen atoms in total. The monoisotopic (exact) mass is 432 g/mol. The summed E-state index contributed by atoms with van der Waals surface area (Å²) in [5.41, 5.74) is 1.72. The summed E-state index contributed by atoms with van der Waals surface area (Å²) in [7, 11) is 1.78. The molecular formula is C23H28N8O. The predicted molar refractivity (Wildman–Crippen MR) is 124 cm³/mol. The third-order valence-corrected chi connectivity index (χ3v) is 6.79. The van der Waals surface area contributed by atoms with Crippen molar-refractivity contribution in [1.82, 2.24) is 24.6 Å². The zero-order valence-electron chi connectivity index (χ0n) is 18.4. The topological polar surface area (TPSA) is 115 Å². The number of aryl methyl sites for hydroxylation is 2. The molecule has 0 spiro atoms. The number of rotatable bonds is 6. The van der Waals surface area contributed by atoms with Crippen LogP contribution in [0.3, 0.4) is 0 Å². The molecule has 0 aliphatic carbocycles. The lowest BCUT2D eigenvalue weighted by Crippen LogP contribution is -2.47. The molecule has 5 rings (SSSR count). The first-order chi connectivity index (χ1) is 15.5. The van der Waals surface area contributed by atoms with Crippen LogP contribution in [0.2, 0.25) is 0 Å². The largest absolute Gasteiger partial charge is 0.367 e. The van der Waals surface area contributed by atoms with Crippen molar-refractivity contribution >= 4 is 28.4 Å². The highest BCUT2D eigenvalue weighted by Gasteiger charge is 2.40. The highest BCUT2D eigenvalue weighted by Crippen LogP contribution is 2.37. The molecule has 0 saturated carbocycles. The van der Waals surface area contributed by atoms with Gasteiger partial charge in [0.05, 0.1) is 11.6 Å². The molecule has 3 atom stereocenters. The smallest absolute Gasteiger partial charge is 0.250 e. The van der Waals surface area contributed by atoms with Crippen molar-refractivity contribution in [2.24, 2.45) is 7.05 Å². The fourth-order valence-corrected chi connectivity index (χ4v) is 5.29. The lowest BCUT2D eigenvalue weighted by Gasteiger charge is -2.39. The summed E-state index contributed by atoms with van der Waals surface area (Å²) in [6.07, 6.45) is 5.04. The number of nitrogens with one attached hydrogen (secondary N) is 3. The number of fused-ring (bicyclic) bond motifs is 3. The lowest BCUT2D eigenvalue weighted by molar-refractivity contribution is 0.136. The Hall–Kier alpha value is -3.38. The molecule has 0 amide bonds. The van der Waals surface area contributed by atoms with Gasteiger partial charge in [0, 0.05) is 67.4 Å². The predicted octanol–water partition coefficient (Wildman–Crippen LogP) is 3.03. The minimum absolute atomic E-state index is 0.0555. The fraction of sp³-hybridized carbons (Fsp3) is 0.478. The number of hydrogen-bond donors (Lipinski definition) is 3. The van der Waals surface area contributed by atoms with Crippen molar-refractivity contribution in [3.63, 3.8) is 0 Å². The third kappa shape index (κ3) is 3.82. The number of aromatic nitrogens is 4. The Morgan fingerprint density at radius 1 is 1.22 bits per heavy atom. The van der Waals surface area contributed by atoms with Crippen LogP contribution >= 0.6 is 0 Å². The molecule has 166 valence electrons. The van der Waals surface area contributed by atoms with Gasteiger partial charge in [-0.2, -0.15) is 10.4 Å². The van der Waals surface area contributed by atoms with E-state index in [1.165, 1.54) is 12.8 Å². The molecular weight excluding hydrogens is 404 g/mol. The van der Waals surface area contributed by atoms with Gasteiger partial charge in [-0.05, 0) is 38.7 Å². The molecule has 3 aromatic heterocycles. The van der Waals surface area contributed by atoms with Crippen molar-refractivity contribution in [1.29, 1.82) is 5.26 Å². The van der Waals surface area contributed by atoms with Crippen LogP contribution in [-0.2, 0) is 7.05 Å². The molecule has 3 N–H and O–H groups in total. The van der Waals surface area contributed by atoms with Crippen LogP contribution in [0.25, 0.3) is 10.9 Å². The van der Waals surface area contributed by atoms with Crippen LogP contribution in [0, 0.1) is 18.3 Å². The molecule has 32 heavy (non-hydrogen) atoms. The van der Waals surface area contributed by atoms with Crippen LogP contribution in [-0.4, -0.2) is 49.3 Å². The lowest BCUT2D eigenvalue weighted by atomic mass is 9.97. The van der Waals surface area contributed by atoms with Crippen LogP contribution in [0.15, 0.2) is 29.1 Å². The van der Waals surface area contributed by atoms with E-state index >= 15 is 0 Å². The minimum atomic E-state index is -0.0555. The molecule has 2 aliphatic rings. The molecule has 9 heteroatoms. The first-order valence-electron chi connectivity index (χ1n) is 11.2. The van der Waals surface area contributed by atoms with Gasteiger partial charge in [0.2, 0.25) is 0 Å². The molecule has 0 aromatic carbocycles. The highest BCUT2D eigenvalue weighted by molar-refractivity contribution is 5.92. The Bertz CT molecular complexity index is 1230. The molecule has 1 unspecified atom stereocenters. The standard InChI is InChI=1S/C23H28N8O/c1-14-10-21(29-28-14)26-20-13-19-18(6-7-22(32)30(19)2)23(27-20)25-15-11-16-4-5-17(12-15)31(16)9-3-8-24/h6-7,10,13,15-17H,3-5,9,11-12H2,1-2H3,(H3,25,26,27,28,29)/t15?,16-,17+. The number of pyridine rings is 2. The van der Waals surface area contributed by atoms with E-state index < -0.39 is 0 Å². The second-order valence-corrected chi connectivity index (χ2v) is 8.92. The third-order valence-electron chi connectivity index (χ3n) is 6.79. The molecule has 2 fully saturated rings. The van der Waals surface area contributed by atoms with Crippen LogP contribution < -0.4 is 16.2 Å². The van der Waals surface area contributed by atoms with Crippen LogP contribution in [0.5, 0.6) is 0 Å². The maximum Gasteiger partial charge on any atom is 0.250 e. The van der Waals surface area contributed by atoms with Crippen LogP contribution in [0.4, 0.5) is 17.5 Å². The van der Waals surface area contributed by atoms with Gasteiger partial charge < -0.3 is 15.2 Å². The van der Waals surface area contributed by atoms with E-state index in [0.717, 1.165) is 41.8 Å². The summed E-state index contributed by atoms with van der Waals surface area (Å²) in [6, 6.07) is 10.9. The summed E-state index contributed by atoms with van der Waals surface area (Å²) in [5, 5.41) is 24.0. The van der Waals surface area contributed by atoms with Gasteiger partial charge in [0.1, 0.15) is 11.6 Å². The summed E-state index contributed by atoms with van der Waals surface area (Å²) in [5.74, 6) is 2.11. The van der Waals surface area contributed by atoms with Gasteiger partial charge in [0.25, 0.3) is 5.56 Å². The van der Waals surface area contributed by atoms with Gasteiger partial charge in [-0.1, -0.05) is 0 Å². The van der Waals surface area contributed by atoms with E-state index in [-0.39, 0.29) is 5.56 Å². The Labute approximate surface area is 186 Å². The molecule has 2 bridgehead atoms. The zero-order chi connectivity index (χ0) is 22.2. The Morgan fingerprint density at radius 2 is 2.00 bits per heavy atom. The number of hydrogen-bond acceptors (Lipinski definition) is 7. The van der Waals surface area contributed by atoms with Crippen molar-refractivity contribution in [2.45, 2.75) is 57.2 Å². The molecule has 2 saturated heterocycles. The van der Waals surface area contributed by atoms with Crippen molar-refractivity contribution in [3.8, 4) is 6.07 Å². The number of nitrogens with zero attached hydrogens (tertiary/aromatic N) is 5. The average molecular weight is 433 g/mol. The van der Waals surface area contributed by atoms with Gasteiger partial charge in [0.15, 0.2) is 5.82 Å². The number of anilines is 3. The first kappa shape index (κ1) is 20.5. The van der Waals surface area contributed by atoms with E-state index in [2.05, 4.69) is 31.8 Å². The number of piperidine rings is 1. The van der Waals surface area contributed by atoms with E-state index in [9.17, 15) is 4.79 Å². The Kier molecular flexibility index (Phi) is 5.31. The Morgan fingerprint density at radius 3 is 2.69 bits per heavy atom. The summed E-state index contributed by atoms with van der Waals surface area (Å²) in [4.78, 5) is 19.7. The van der Waals surface area contributed by atoms with Crippen molar-refractivity contribution in [3.05, 3.63) is 40.3 Å². The van der Waals surface area contributed by atoms with Gasteiger partial charge >= 0.3 is 0 Å². The Balaban J connectivity index is 1.45. The SMILES string of the molecule is Cc1cc(Nc2cc3c(ccc(=O)n3C)c(NC3C[C@H]4CC[C@@H](C3)N4CCC#N)n2)n[nH]1. The summed E-state index contributed by atoms with van der Waals surface area (Å²) >= 11 is 0. The second kappa shape index (κ2) is 8.28. The number of aromatic amines is 1. The average Bonchev–Trinajstić information content (AvgIpc) is 3.28. The van der Waals surface area contributed by atoms with Gasteiger partial charge in [-0.3, -0.25) is 14.8 Å². The fourth-order valence-electron chi connectivity index (χ4n) is 5.29.